The Labute approximate surface area is 46.7 Å². The molecule has 0 fully saturated rings. The van der Waals surface area contributed by atoms with E-state index in [-0.39, 0.29) is 6.47 Å². The third kappa shape index (κ3) is 2.54. The molecule has 2 N–H and O–H groups in total. The van der Waals surface area contributed by atoms with Gasteiger partial charge in [-0.25, -0.2) is 0 Å². The predicted molar refractivity (Wildman–Crippen MR) is 24.8 cm³/mol. The van der Waals surface area contributed by atoms with E-state index in [0.717, 1.165) is 0 Å². The van der Waals surface area contributed by atoms with Crippen LogP contribution in [-0.2, 0) is 9.53 Å². The molecule has 0 aliphatic carbocycles. The molecule has 0 amide bonds. The number of ether oxygens (including phenoxy) is 1. The van der Waals surface area contributed by atoms with Gasteiger partial charge in [0.2, 0.25) is 6.29 Å². The number of carbonyl (C=O) groups excluding carboxylic acids is 1. The zero-order valence-electron chi connectivity index (χ0n) is 4.44. The van der Waals surface area contributed by atoms with Crippen LogP contribution < -0.4 is 0 Å². The van der Waals surface area contributed by atoms with Gasteiger partial charge in [-0.05, 0) is 6.92 Å². The van der Waals surface area contributed by atoms with Gasteiger partial charge in [-0.15, -0.1) is 0 Å². The standard InChI is InChI=1S/C4H8O4/c1-3(6)4(7)8-2-5/h2-4,6-7H,1H3. The molecule has 0 aromatic rings. The largest absolute Gasteiger partial charge is 0.435 e. The number of aliphatic hydroxyl groups excluding tert-OH is 2. The van der Waals surface area contributed by atoms with E-state index in [2.05, 4.69) is 4.74 Å². The lowest BCUT2D eigenvalue weighted by atomic mass is 10.4. The Morgan fingerprint density at radius 2 is 2.12 bits per heavy atom. The van der Waals surface area contributed by atoms with E-state index in [1.165, 1.54) is 6.92 Å². The van der Waals surface area contributed by atoms with Crippen molar-refractivity contribution in [3.8, 4) is 0 Å². The van der Waals surface area contributed by atoms with Crippen molar-refractivity contribution in [2.45, 2.75) is 19.3 Å². The van der Waals surface area contributed by atoms with Gasteiger partial charge in [0.25, 0.3) is 6.47 Å². The van der Waals surface area contributed by atoms with Gasteiger partial charge in [0.15, 0.2) is 0 Å². The zero-order chi connectivity index (χ0) is 6.57. The van der Waals surface area contributed by atoms with Gasteiger partial charge >= 0.3 is 0 Å². The summed E-state index contributed by atoms with van der Waals surface area (Å²) < 4.78 is 3.93. The third-order valence-electron chi connectivity index (χ3n) is 0.608. The van der Waals surface area contributed by atoms with Crippen molar-refractivity contribution in [2.24, 2.45) is 0 Å². The molecule has 0 spiro atoms. The zero-order valence-corrected chi connectivity index (χ0v) is 4.44. The molecule has 0 bridgehead atoms. The lowest BCUT2D eigenvalue weighted by Gasteiger charge is -2.09. The first kappa shape index (κ1) is 7.39. The molecule has 2 unspecified atom stereocenters. The molecule has 8 heavy (non-hydrogen) atoms. The first-order valence-electron chi connectivity index (χ1n) is 2.13. The lowest BCUT2D eigenvalue weighted by molar-refractivity contribution is -0.169. The van der Waals surface area contributed by atoms with E-state index in [0.29, 0.717) is 0 Å². The smallest absolute Gasteiger partial charge is 0.295 e. The molecule has 0 saturated carbocycles. The second-order valence-electron chi connectivity index (χ2n) is 1.36. The van der Waals surface area contributed by atoms with Crippen molar-refractivity contribution in [1.82, 2.24) is 0 Å². The monoisotopic (exact) mass is 120 g/mol. The Morgan fingerprint density at radius 1 is 1.62 bits per heavy atom. The Kier molecular flexibility index (Phi) is 3.14. The van der Waals surface area contributed by atoms with Crippen LogP contribution in [0.15, 0.2) is 0 Å². The highest BCUT2D eigenvalue weighted by atomic mass is 16.6. The van der Waals surface area contributed by atoms with Crippen LogP contribution in [0, 0.1) is 0 Å². The number of rotatable bonds is 3. The molecule has 0 heterocycles. The van der Waals surface area contributed by atoms with Crippen LogP contribution in [0.2, 0.25) is 0 Å². The predicted octanol–water partition coefficient (Wildman–Crippen LogP) is -1.14. The SMILES string of the molecule is CC(O)C(O)OC=O. The van der Waals surface area contributed by atoms with Crippen LogP contribution in [0.4, 0.5) is 0 Å². The number of hydrogen-bond acceptors (Lipinski definition) is 4. The van der Waals surface area contributed by atoms with E-state index in [9.17, 15) is 4.79 Å². The quantitative estimate of drug-likeness (QED) is 0.365. The summed E-state index contributed by atoms with van der Waals surface area (Å²) in [5, 5.41) is 16.8. The molecule has 4 nitrogen and oxygen atoms in total. The van der Waals surface area contributed by atoms with Crippen molar-refractivity contribution in [3.63, 3.8) is 0 Å². The second-order valence-corrected chi connectivity index (χ2v) is 1.36. The summed E-state index contributed by atoms with van der Waals surface area (Å²) >= 11 is 0. The van der Waals surface area contributed by atoms with Crippen LogP contribution in [-0.4, -0.2) is 29.1 Å². The second kappa shape index (κ2) is 3.40. The highest BCUT2D eigenvalue weighted by Gasteiger charge is 2.09. The Hall–Kier alpha value is -0.610. The molecule has 0 aromatic heterocycles. The molecular weight excluding hydrogens is 112 g/mol. The van der Waals surface area contributed by atoms with E-state index < -0.39 is 12.4 Å². The van der Waals surface area contributed by atoms with Crippen molar-refractivity contribution in [2.75, 3.05) is 0 Å². The summed E-state index contributed by atoms with van der Waals surface area (Å²) in [7, 11) is 0. The minimum Gasteiger partial charge on any atom is -0.435 e. The number of hydrogen-bond donors (Lipinski definition) is 2. The first-order chi connectivity index (χ1) is 3.68. The van der Waals surface area contributed by atoms with Crippen LogP contribution >= 0.6 is 0 Å². The molecule has 48 valence electrons. The normalized spacial score (nSPS) is 16.9. The van der Waals surface area contributed by atoms with E-state index in [4.69, 9.17) is 10.2 Å². The Bertz CT molecular complexity index is 70.4. The van der Waals surface area contributed by atoms with E-state index in [1.54, 1.807) is 0 Å². The molecule has 0 aromatic carbocycles. The van der Waals surface area contributed by atoms with Gasteiger partial charge in [-0.2, -0.15) is 0 Å². The molecule has 2 atom stereocenters. The number of carbonyl (C=O) groups is 1. The van der Waals surface area contributed by atoms with Gasteiger partial charge in [0.1, 0.15) is 6.10 Å². The van der Waals surface area contributed by atoms with Crippen molar-refractivity contribution < 1.29 is 19.7 Å². The lowest BCUT2D eigenvalue weighted by Crippen LogP contribution is -2.24. The van der Waals surface area contributed by atoms with Gasteiger partial charge in [-0.1, -0.05) is 0 Å². The molecular formula is C4H8O4. The van der Waals surface area contributed by atoms with Gasteiger partial charge < -0.3 is 14.9 Å². The summed E-state index contributed by atoms with van der Waals surface area (Å²) in [6, 6.07) is 0. The van der Waals surface area contributed by atoms with Crippen LogP contribution in [0.1, 0.15) is 6.92 Å². The van der Waals surface area contributed by atoms with E-state index in [1.807, 2.05) is 0 Å². The molecule has 0 aliphatic heterocycles. The Balaban J connectivity index is 3.30. The maximum Gasteiger partial charge on any atom is 0.295 e. The fraction of sp³-hybridized carbons (Fsp3) is 0.750. The summed E-state index contributed by atoms with van der Waals surface area (Å²) in [6.07, 6.45) is -2.42. The molecule has 4 heteroatoms. The first-order valence-corrected chi connectivity index (χ1v) is 2.13. The summed E-state index contributed by atoms with van der Waals surface area (Å²) in [5.74, 6) is 0. The summed E-state index contributed by atoms with van der Waals surface area (Å²) in [6.45, 7) is 1.39. The third-order valence-corrected chi connectivity index (χ3v) is 0.608. The molecule has 0 radical (unpaired) electrons. The van der Waals surface area contributed by atoms with Crippen LogP contribution in [0.3, 0.4) is 0 Å². The molecule has 0 aliphatic rings. The number of aliphatic hydroxyl groups is 2. The van der Waals surface area contributed by atoms with Crippen molar-refractivity contribution in [1.29, 1.82) is 0 Å². The van der Waals surface area contributed by atoms with Gasteiger partial charge in [0.05, 0.1) is 0 Å². The van der Waals surface area contributed by atoms with Gasteiger partial charge in [-0.3, -0.25) is 4.79 Å². The van der Waals surface area contributed by atoms with Crippen LogP contribution in [0.25, 0.3) is 0 Å². The molecule has 0 saturated heterocycles. The van der Waals surface area contributed by atoms with E-state index >= 15 is 0 Å². The average Bonchev–Trinajstić information content (AvgIpc) is 1.67. The fourth-order valence-electron chi connectivity index (χ4n) is 0.171. The average molecular weight is 120 g/mol. The van der Waals surface area contributed by atoms with Crippen molar-refractivity contribution >= 4 is 6.47 Å². The molecule has 0 rings (SSSR count). The van der Waals surface area contributed by atoms with Crippen molar-refractivity contribution in [3.05, 3.63) is 0 Å². The topological polar surface area (TPSA) is 66.8 Å². The minimum absolute atomic E-state index is 0.0807. The van der Waals surface area contributed by atoms with Crippen LogP contribution in [0.5, 0.6) is 0 Å². The maximum atomic E-state index is 9.43. The fourth-order valence-corrected chi connectivity index (χ4v) is 0.171. The summed E-state index contributed by atoms with van der Waals surface area (Å²) in [5.41, 5.74) is 0. The van der Waals surface area contributed by atoms with Gasteiger partial charge in [0, 0.05) is 0 Å². The maximum absolute atomic E-state index is 9.43. The Morgan fingerprint density at radius 3 is 2.25 bits per heavy atom. The highest BCUT2D eigenvalue weighted by Crippen LogP contribution is 1.89. The minimum atomic E-state index is -1.40. The summed E-state index contributed by atoms with van der Waals surface area (Å²) in [4.78, 5) is 9.43. The highest BCUT2D eigenvalue weighted by molar-refractivity contribution is 5.37.